The minimum Gasteiger partial charge on any atom is -0.257 e. The first kappa shape index (κ1) is 8.31. The van der Waals surface area contributed by atoms with E-state index < -0.39 is 0 Å². The van der Waals surface area contributed by atoms with Crippen molar-refractivity contribution in [3.8, 4) is 0 Å². The molecule has 0 aromatic carbocycles. The molecule has 12 heavy (non-hydrogen) atoms. The van der Waals surface area contributed by atoms with Crippen LogP contribution in [0, 0.1) is 0 Å². The lowest BCUT2D eigenvalue weighted by molar-refractivity contribution is 0.589. The van der Waals surface area contributed by atoms with Crippen molar-refractivity contribution in [3.63, 3.8) is 0 Å². The van der Waals surface area contributed by atoms with Gasteiger partial charge in [0.15, 0.2) is 0 Å². The molecular formula is C10H16NP. The molecule has 1 unspecified atom stereocenters. The number of hydrogen-bond donors (Lipinski definition) is 0. The lowest BCUT2D eigenvalue weighted by atomic mass is 10.0. The third-order valence-corrected chi connectivity index (χ3v) is 3.91. The van der Waals surface area contributed by atoms with Gasteiger partial charge >= 0.3 is 0 Å². The molecule has 66 valence electrons. The zero-order valence-electron chi connectivity index (χ0n) is 7.42. The first-order chi connectivity index (χ1) is 5.97. The van der Waals surface area contributed by atoms with E-state index in [2.05, 4.69) is 10.8 Å². The van der Waals surface area contributed by atoms with Gasteiger partial charge < -0.3 is 0 Å². The maximum absolute atomic E-state index is 4.45. The summed E-state index contributed by atoms with van der Waals surface area (Å²) >= 11 is 0. The number of rotatable bonds is 1. The minimum atomic E-state index is 0.834. The van der Waals surface area contributed by atoms with Crippen LogP contribution >= 0.6 is 8.19 Å². The standard InChI is InChI=1S/C10H16NP/c1-2-4-6-9(5-3-1)10-11-7-8-12-10/h7-9,12H,1-6H2. The lowest BCUT2D eigenvalue weighted by Gasteiger charge is -2.09. The first-order valence-corrected chi connectivity index (χ1v) is 6.04. The van der Waals surface area contributed by atoms with Gasteiger partial charge in [-0.1, -0.05) is 25.7 Å². The second-order valence-electron chi connectivity index (χ2n) is 3.66. The van der Waals surface area contributed by atoms with Crippen molar-refractivity contribution in [1.82, 2.24) is 4.98 Å². The zero-order chi connectivity index (χ0) is 8.23. The van der Waals surface area contributed by atoms with Crippen molar-refractivity contribution in [2.24, 2.45) is 0 Å². The van der Waals surface area contributed by atoms with Gasteiger partial charge in [-0.15, -0.1) is 8.19 Å². The Morgan fingerprint density at radius 3 is 2.50 bits per heavy atom. The van der Waals surface area contributed by atoms with Crippen LogP contribution in [0.15, 0.2) is 12.0 Å². The highest BCUT2D eigenvalue weighted by molar-refractivity contribution is 7.30. The van der Waals surface area contributed by atoms with Gasteiger partial charge in [0.2, 0.25) is 0 Å². The fourth-order valence-corrected chi connectivity index (χ4v) is 3.05. The second-order valence-corrected chi connectivity index (χ2v) is 4.80. The molecule has 0 aliphatic heterocycles. The Bertz CT molecular complexity index is 210. The number of nitrogens with zero attached hydrogens (tertiary/aromatic N) is 1. The number of aromatic nitrogens is 1. The first-order valence-electron chi connectivity index (χ1n) is 4.96. The lowest BCUT2D eigenvalue weighted by Crippen LogP contribution is -1.94. The molecule has 0 saturated heterocycles. The van der Waals surface area contributed by atoms with Gasteiger partial charge in [0.05, 0.1) is 5.43 Å². The molecule has 2 rings (SSSR count). The molecule has 1 aliphatic carbocycles. The van der Waals surface area contributed by atoms with Crippen LogP contribution in [0.25, 0.3) is 0 Å². The van der Waals surface area contributed by atoms with Crippen molar-refractivity contribution in [3.05, 3.63) is 17.4 Å². The highest BCUT2D eigenvalue weighted by Gasteiger charge is 2.14. The smallest absolute Gasteiger partial charge is 0.0592 e. The van der Waals surface area contributed by atoms with Crippen molar-refractivity contribution in [1.29, 1.82) is 0 Å². The van der Waals surface area contributed by atoms with Crippen molar-refractivity contribution >= 4 is 8.19 Å². The monoisotopic (exact) mass is 181 g/mol. The summed E-state index contributed by atoms with van der Waals surface area (Å²) in [5.74, 6) is 3.04. The van der Waals surface area contributed by atoms with Crippen molar-refractivity contribution in [2.75, 3.05) is 0 Å². The van der Waals surface area contributed by atoms with Crippen molar-refractivity contribution in [2.45, 2.75) is 44.4 Å². The van der Waals surface area contributed by atoms with Crippen LogP contribution in [-0.2, 0) is 0 Å². The molecule has 1 fully saturated rings. The summed E-state index contributed by atoms with van der Waals surface area (Å²) < 4.78 is 0. The molecule has 0 spiro atoms. The van der Waals surface area contributed by atoms with E-state index in [0.717, 1.165) is 14.1 Å². The van der Waals surface area contributed by atoms with E-state index in [1.54, 1.807) is 0 Å². The molecular weight excluding hydrogens is 165 g/mol. The molecule has 1 atom stereocenters. The summed E-state index contributed by atoms with van der Waals surface area (Å²) in [5.41, 5.74) is 1.48. The maximum Gasteiger partial charge on any atom is 0.0592 e. The topological polar surface area (TPSA) is 12.9 Å². The molecule has 0 radical (unpaired) electrons. The summed E-state index contributed by atoms with van der Waals surface area (Å²) in [6, 6.07) is 0. The fraction of sp³-hybridized carbons (Fsp3) is 0.700. The van der Waals surface area contributed by atoms with E-state index in [0.29, 0.717) is 0 Å². The second kappa shape index (κ2) is 4.09. The Kier molecular flexibility index (Phi) is 2.83. The van der Waals surface area contributed by atoms with Crippen LogP contribution < -0.4 is 0 Å². The Balaban J connectivity index is 2.02. The molecule has 0 N–H and O–H groups in total. The predicted molar refractivity (Wildman–Crippen MR) is 54.2 cm³/mol. The highest BCUT2D eigenvalue weighted by Crippen LogP contribution is 2.34. The number of hydrogen-bond acceptors (Lipinski definition) is 1. The van der Waals surface area contributed by atoms with E-state index in [-0.39, 0.29) is 0 Å². The van der Waals surface area contributed by atoms with Gasteiger partial charge in [-0.05, 0) is 18.6 Å². The third kappa shape index (κ3) is 1.90. The van der Waals surface area contributed by atoms with E-state index >= 15 is 0 Å². The van der Waals surface area contributed by atoms with E-state index in [4.69, 9.17) is 0 Å². The molecule has 1 heterocycles. The summed E-state index contributed by atoms with van der Waals surface area (Å²) in [6.45, 7) is 0. The third-order valence-electron chi connectivity index (χ3n) is 2.76. The molecule has 1 saturated carbocycles. The van der Waals surface area contributed by atoms with Gasteiger partial charge in [-0.2, -0.15) is 0 Å². The van der Waals surface area contributed by atoms with Crippen molar-refractivity contribution < 1.29 is 0 Å². The van der Waals surface area contributed by atoms with Gasteiger partial charge in [-0.3, -0.25) is 4.98 Å². The quantitative estimate of drug-likeness (QED) is 0.604. The Morgan fingerprint density at radius 2 is 1.92 bits per heavy atom. The van der Waals surface area contributed by atoms with Gasteiger partial charge in [0.25, 0.3) is 0 Å². The fourth-order valence-electron chi connectivity index (χ4n) is 2.05. The van der Waals surface area contributed by atoms with Crippen LogP contribution in [0.5, 0.6) is 0 Å². The van der Waals surface area contributed by atoms with Crippen LogP contribution in [0.1, 0.15) is 49.9 Å². The summed E-state index contributed by atoms with van der Waals surface area (Å²) in [5, 5.41) is 0. The predicted octanol–water partition coefficient (Wildman–Crippen LogP) is 3.55. The SMILES string of the molecule is c1c[pH]c(C2CCCCCC2)n1. The molecule has 1 nitrogen and oxygen atoms in total. The highest BCUT2D eigenvalue weighted by atomic mass is 31.0. The zero-order valence-corrected chi connectivity index (χ0v) is 8.42. The van der Waals surface area contributed by atoms with E-state index in [9.17, 15) is 0 Å². The average molecular weight is 181 g/mol. The van der Waals surface area contributed by atoms with Crippen LogP contribution in [-0.4, -0.2) is 4.98 Å². The molecule has 0 bridgehead atoms. The summed E-state index contributed by atoms with van der Waals surface area (Å²) in [7, 11) is 0.897. The molecule has 1 aliphatic rings. The van der Waals surface area contributed by atoms with Crippen LogP contribution in [0.4, 0.5) is 0 Å². The Morgan fingerprint density at radius 1 is 1.17 bits per heavy atom. The normalized spacial score (nSPS) is 21.3. The molecule has 1 aromatic rings. The Labute approximate surface area is 75.7 Å². The molecule has 0 amide bonds. The maximum atomic E-state index is 4.45. The van der Waals surface area contributed by atoms with Gasteiger partial charge in [0, 0.05) is 12.1 Å². The largest absolute Gasteiger partial charge is 0.257 e. The van der Waals surface area contributed by atoms with Crippen LogP contribution in [0.3, 0.4) is 0 Å². The summed E-state index contributed by atoms with van der Waals surface area (Å²) in [6.07, 6.45) is 10.5. The molecule has 1 aromatic heterocycles. The minimum absolute atomic E-state index is 0.834. The van der Waals surface area contributed by atoms with Gasteiger partial charge in [-0.25, -0.2) is 0 Å². The van der Waals surface area contributed by atoms with E-state index in [1.165, 1.54) is 44.0 Å². The van der Waals surface area contributed by atoms with Gasteiger partial charge in [0.1, 0.15) is 0 Å². The average Bonchev–Trinajstić information content (AvgIpc) is 2.48. The van der Waals surface area contributed by atoms with E-state index in [1.807, 2.05) is 6.20 Å². The van der Waals surface area contributed by atoms with Crippen LogP contribution in [0.2, 0.25) is 0 Å². The summed E-state index contributed by atoms with van der Waals surface area (Å²) in [4.78, 5) is 4.45. The Hall–Kier alpha value is -0.290. The molecule has 2 heteroatoms.